The predicted molar refractivity (Wildman–Crippen MR) is 78.6 cm³/mol. The summed E-state index contributed by atoms with van der Waals surface area (Å²) in [7, 11) is 0. The number of benzene rings is 1. The zero-order valence-corrected chi connectivity index (χ0v) is 12.6. The van der Waals surface area contributed by atoms with Crippen molar-refractivity contribution in [1.82, 2.24) is 5.32 Å². The molecule has 0 bridgehead atoms. The number of halogens is 1. The molecule has 1 aliphatic heterocycles. The van der Waals surface area contributed by atoms with E-state index in [1.165, 1.54) is 18.2 Å². The van der Waals surface area contributed by atoms with Crippen LogP contribution in [-0.4, -0.2) is 29.1 Å². The predicted octanol–water partition coefficient (Wildman–Crippen LogP) is 2.94. The van der Waals surface area contributed by atoms with E-state index in [1.54, 1.807) is 0 Å². The summed E-state index contributed by atoms with van der Waals surface area (Å²) in [5.74, 6) is -0.397. The van der Waals surface area contributed by atoms with Gasteiger partial charge in [-0.05, 0) is 32.8 Å². The first-order chi connectivity index (χ1) is 9.80. The van der Waals surface area contributed by atoms with E-state index >= 15 is 0 Å². The maximum absolute atomic E-state index is 12.3. The Morgan fingerprint density at radius 2 is 2.24 bits per heavy atom. The summed E-state index contributed by atoms with van der Waals surface area (Å²) >= 11 is 5.95. The van der Waals surface area contributed by atoms with Gasteiger partial charge in [0, 0.05) is 18.7 Å². The summed E-state index contributed by atoms with van der Waals surface area (Å²) in [6.45, 7) is 4.50. The number of hydrogen-bond donors (Lipinski definition) is 1. The highest BCUT2D eigenvalue weighted by Gasteiger charge is 2.30. The third-order valence-electron chi connectivity index (χ3n) is 3.45. The Hall–Kier alpha value is -1.66. The van der Waals surface area contributed by atoms with Crippen LogP contribution < -0.4 is 5.32 Å². The second kappa shape index (κ2) is 5.99. The van der Waals surface area contributed by atoms with E-state index in [-0.39, 0.29) is 27.9 Å². The van der Waals surface area contributed by atoms with E-state index in [9.17, 15) is 14.9 Å². The standard InChI is InChI=1S/C14H17ClN2O4/c1-14(2)8-9(6-7-21-14)16-13(18)10-4-3-5-11(12(10)15)17(19)20/h3-5,9H,6-8H2,1-2H3,(H,16,18)/t9-/m1/s1. The zero-order valence-electron chi connectivity index (χ0n) is 11.9. The topological polar surface area (TPSA) is 81.5 Å². The number of nitro groups is 1. The third-order valence-corrected chi connectivity index (χ3v) is 3.85. The van der Waals surface area contributed by atoms with Crippen LogP contribution in [0.5, 0.6) is 0 Å². The molecule has 1 aliphatic rings. The van der Waals surface area contributed by atoms with Crippen LogP contribution >= 0.6 is 11.6 Å². The van der Waals surface area contributed by atoms with Gasteiger partial charge >= 0.3 is 0 Å². The van der Waals surface area contributed by atoms with Gasteiger partial charge in [-0.2, -0.15) is 0 Å². The number of ether oxygens (including phenoxy) is 1. The Morgan fingerprint density at radius 3 is 2.86 bits per heavy atom. The lowest BCUT2D eigenvalue weighted by atomic mass is 9.94. The molecule has 114 valence electrons. The lowest BCUT2D eigenvalue weighted by Gasteiger charge is -2.35. The summed E-state index contributed by atoms with van der Waals surface area (Å²) in [5, 5.41) is 13.6. The van der Waals surface area contributed by atoms with E-state index in [1.807, 2.05) is 13.8 Å². The molecule has 1 fully saturated rings. The first kappa shape index (κ1) is 15.7. The quantitative estimate of drug-likeness (QED) is 0.687. The highest BCUT2D eigenvalue weighted by Crippen LogP contribution is 2.29. The van der Waals surface area contributed by atoms with Gasteiger partial charge in [0.05, 0.1) is 16.1 Å². The highest BCUT2D eigenvalue weighted by molar-refractivity contribution is 6.35. The fourth-order valence-electron chi connectivity index (χ4n) is 2.45. The fourth-order valence-corrected chi connectivity index (χ4v) is 2.74. The second-order valence-corrected chi connectivity index (χ2v) is 6.05. The van der Waals surface area contributed by atoms with E-state index in [0.29, 0.717) is 19.4 Å². The molecular weight excluding hydrogens is 296 g/mol. The largest absolute Gasteiger partial charge is 0.375 e. The lowest BCUT2D eigenvalue weighted by Crippen LogP contribution is -2.45. The SMILES string of the molecule is CC1(C)C[C@H](NC(=O)c2cccc([N+](=O)[O-])c2Cl)CCO1. The molecule has 7 heteroatoms. The maximum atomic E-state index is 12.3. The van der Waals surface area contributed by atoms with Crippen molar-refractivity contribution in [2.75, 3.05) is 6.61 Å². The van der Waals surface area contributed by atoms with Crippen molar-refractivity contribution in [3.8, 4) is 0 Å². The molecular formula is C14H17ClN2O4. The molecule has 1 saturated heterocycles. The number of carbonyl (C=O) groups excluding carboxylic acids is 1. The Bertz CT molecular complexity index is 574. The van der Waals surface area contributed by atoms with E-state index in [4.69, 9.17) is 16.3 Å². The Balaban J connectivity index is 2.14. The van der Waals surface area contributed by atoms with Crippen LogP contribution in [0.3, 0.4) is 0 Å². The minimum atomic E-state index is -0.601. The molecule has 1 N–H and O–H groups in total. The second-order valence-electron chi connectivity index (χ2n) is 5.67. The van der Waals surface area contributed by atoms with Gasteiger partial charge < -0.3 is 10.1 Å². The number of nitro benzene ring substituents is 1. The van der Waals surface area contributed by atoms with Crippen molar-refractivity contribution < 1.29 is 14.5 Å². The number of nitrogens with zero attached hydrogens (tertiary/aromatic N) is 1. The van der Waals surface area contributed by atoms with Crippen LogP contribution in [0.15, 0.2) is 18.2 Å². The summed E-state index contributed by atoms with van der Waals surface area (Å²) < 4.78 is 5.59. The average molecular weight is 313 g/mol. The number of nitrogens with one attached hydrogen (secondary N) is 1. The number of carbonyl (C=O) groups is 1. The van der Waals surface area contributed by atoms with E-state index in [0.717, 1.165) is 0 Å². The monoisotopic (exact) mass is 312 g/mol. The molecule has 6 nitrogen and oxygen atoms in total. The molecule has 1 atom stereocenters. The summed E-state index contributed by atoms with van der Waals surface area (Å²) in [6.07, 6.45) is 1.40. The van der Waals surface area contributed by atoms with Gasteiger partial charge in [-0.15, -0.1) is 0 Å². The van der Waals surface area contributed by atoms with Gasteiger partial charge in [-0.1, -0.05) is 17.7 Å². The van der Waals surface area contributed by atoms with Crippen LogP contribution in [0.4, 0.5) is 5.69 Å². The van der Waals surface area contributed by atoms with Crippen molar-refractivity contribution >= 4 is 23.2 Å². The molecule has 1 amide bonds. The molecule has 1 heterocycles. The van der Waals surface area contributed by atoms with Crippen molar-refractivity contribution in [3.63, 3.8) is 0 Å². The number of rotatable bonds is 3. The van der Waals surface area contributed by atoms with Crippen molar-refractivity contribution in [1.29, 1.82) is 0 Å². The third kappa shape index (κ3) is 3.71. The normalized spacial score (nSPS) is 20.8. The Morgan fingerprint density at radius 1 is 1.52 bits per heavy atom. The van der Waals surface area contributed by atoms with Crippen LogP contribution in [0, 0.1) is 10.1 Å². The first-order valence-electron chi connectivity index (χ1n) is 6.68. The highest BCUT2D eigenvalue weighted by atomic mass is 35.5. The molecule has 2 rings (SSSR count). The van der Waals surface area contributed by atoms with Gasteiger partial charge in [0.25, 0.3) is 11.6 Å². The zero-order chi connectivity index (χ0) is 15.6. The van der Waals surface area contributed by atoms with Crippen LogP contribution in [-0.2, 0) is 4.74 Å². The molecule has 1 aromatic carbocycles. The molecule has 0 radical (unpaired) electrons. The van der Waals surface area contributed by atoms with Gasteiger partial charge in [0.15, 0.2) is 0 Å². The maximum Gasteiger partial charge on any atom is 0.288 e. The number of amides is 1. The van der Waals surface area contributed by atoms with Gasteiger partial charge in [0.1, 0.15) is 5.02 Å². The minimum Gasteiger partial charge on any atom is -0.375 e. The van der Waals surface area contributed by atoms with Crippen LogP contribution in [0.1, 0.15) is 37.0 Å². The summed E-state index contributed by atoms with van der Waals surface area (Å²) in [6, 6.07) is 4.18. The van der Waals surface area contributed by atoms with Crippen molar-refractivity contribution in [3.05, 3.63) is 38.9 Å². The van der Waals surface area contributed by atoms with Crippen molar-refractivity contribution in [2.45, 2.75) is 38.3 Å². The van der Waals surface area contributed by atoms with Crippen LogP contribution in [0.2, 0.25) is 5.02 Å². The van der Waals surface area contributed by atoms with Gasteiger partial charge in [-0.3, -0.25) is 14.9 Å². The van der Waals surface area contributed by atoms with Crippen LogP contribution in [0.25, 0.3) is 0 Å². The molecule has 1 aromatic rings. The molecule has 0 unspecified atom stereocenters. The molecule has 0 aromatic heterocycles. The average Bonchev–Trinajstić information content (AvgIpc) is 2.37. The fraction of sp³-hybridized carbons (Fsp3) is 0.500. The lowest BCUT2D eigenvalue weighted by molar-refractivity contribution is -0.384. The summed E-state index contributed by atoms with van der Waals surface area (Å²) in [5.41, 5.74) is -0.436. The molecule has 21 heavy (non-hydrogen) atoms. The molecule has 0 saturated carbocycles. The van der Waals surface area contributed by atoms with Gasteiger partial charge in [0.2, 0.25) is 0 Å². The first-order valence-corrected chi connectivity index (χ1v) is 7.06. The molecule has 0 spiro atoms. The minimum absolute atomic E-state index is 0.0309. The smallest absolute Gasteiger partial charge is 0.288 e. The molecule has 0 aliphatic carbocycles. The van der Waals surface area contributed by atoms with Crippen molar-refractivity contribution in [2.24, 2.45) is 0 Å². The summed E-state index contributed by atoms with van der Waals surface area (Å²) in [4.78, 5) is 22.5. The Labute approximate surface area is 127 Å². The van der Waals surface area contributed by atoms with Gasteiger partial charge in [-0.25, -0.2) is 0 Å². The number of hydrogen-bond acceptors (Lipinski definition) is 4. The van der Waals surface area contributed by atoms with E-state index in [2.05, 4.69) is 5.32 Å². The van der Waals surface area contributed by atoms with E-state index < -0.39 is 10.8 Å². The Kier molecular flexibility index (Phi) is 4.49.